The number of halogens is 1. The summed E-state index contributed by atoms with van der Waals surface area (Å²) in [6.07, 6.45) is 4.59. The highest BCUT2D eigenvalue weighted by Crippen LogP contribution is 2.16. The van der Waals surface area contributed by atoms with E-state index in [1.165, 1.54) is 12.8 Å². The molecule has 1 amide bonds. The number of likely N-dealkylation sites (tertiary alicyclic amines) is 1. The second kappa shape index (κ2) is 6.42. The summed E-state index contributed by atoms with van der Waals surface area (Å²) < 4.78 is 5.26. The Labute approximate surface area is 103 Å². The molecule has 1 N–H and O–H groups in total. The van der Waals surface area contributed by atoms with Gasteiger partial charge in [-0.1, -0.05) is 6.42 Å². The molecule has 0 aromatic rings. The zero-order valence-corrected chi connectivity index (χ0v) is 10.6. The smallest absolute Gasteiger partial charge is 0.239 e. The number of nitrogens with one attached hydrogen (secondary N) is 1. The van der Waals surface area contributed by atoms with Crippen molar-refractivity contribution in [2.45, 2.75) is 37.8 Å². The molecular formula is C11H21ClN2O2. The molecule has 0 radical (unpaired) electrons. The van der Waals surface area contributed by atoms with E-state index in [2.05, 4.69) is 5.32 Å². The van der Waals surface area contributed by atoms with Gasteiger partial charge in [0, 0.05) is 20.2 Å². The molecule has 0 saturated carbocycles. The number of rotatable bonds is 2. The Morgan fingerprint density at radius 3 is 2.75 bits per heavy atom. The molecule has 2 aliphatic rings. The average molecular weight is 249 g/mol. The molecule has 0 bridgehead atoms. The first-order valence-corrected chi connectivity index (χ1v) is 5.86. The van der Waals surface area contributed by atoms with Gasteiger partial charge in [-0.2, -0.15) is 0 Å². The monoisotopic (exact) mass is 248 g/mol. The molecule has 2 fully saturated rings. The van der Waals surface area contributed by atoms with Crippen molar-refractivity contribution < 1.29 is 9.53 Å². The lowest BCUT2D eigenvalue weighted by atomic mass is 10.0. The molecule has 0 aliphatic carbocycles. The molecule has 16 heavy (non-hydrogen) atoms. The van der Waals surface area contributed by atoms with Crippen LogP contribution in [0.5, 0.6) is 0 Å². The number of carbonyl (C=O) groups excluding carboxylic acids is 1. The molecule has 0 unspecified atom stereocenters. The van der Waals surface area contributed by atoms with Gasteiger partial charge in [-0.3, -0.25) is 4.79 Å². The van der Waals surface area contributed by atoms with E-state index in [0.717, 1.165) is 32.5 Å². The summed E-state index contributed by atoms with van der Waals surface area (Å²) in [5, 5.41) is 3.30. The summed E-state index contributed by atoms with van der Waals surface area (Å²) in [6, 6.07) is 0.0642. The Morgan fingerprint density at radius 2 is 2.19 bits per heavy atom. The van der Waals surface area contributed by atoms with Crippen molar-refractivity contribution in [3.63, 3.8) is 0 Å². The third-order valence-electron chi connectivity index (χ3n) is 3.40. The molecule has 2 atom stereocenters. The van der Waals surface area contributed by atoms with Crippen LogP contribution in [0.1, 0.15) is 25.7 Å². The van der Waals surface area contributed by atoms with E-state index in [0.29, 0.717) is 0 Å². The van der Waals surface area contributed by atoms with Crippen molar-refractivity contribution in [1.29, 1.82) is 0 Å². The number of piperidine rings is 1. The predicted octanol–water partition coefficient (Wildman–Crippen LogP) is 0.798. The Morgan fingerprint density at radius 1 is 1.38 bits per heavy atom. The van der Waals surface area contributed by atoms with Crippen LogP contribution < -0.4 is 5.32 Å². The quantitative estimate of drug-likeness (QED) is 0.786. The second-order valence-electron chi connectivity index (χ2n) is 4.43. The Hall–Kier alpha value is -0.320. The van der Waals surface area contributed by atoms with Crippen LogP contribution in [-0.2, 0) is 9.53 Å². The lowest BCUT2D eigenvalue weighted by molar-refractivity contribution is -0.133. The summed E-state index contributed by atoms with van der Waals surface area (Å²) in [5.74, 6) is 0.272. The van der Waals surface area contributed by atoms with E-state index in [4.69, 9.17) is 4.74 Å². The van der Waals surface area contributed by atoms with Crippen LogP contribution in [0.4, 0.5) is 0 Å². The van der Waals surface area contributed by atoms with Gasteiger partial charge >= 0.3 is 0 Å². The number of hydrogen-bond donors (Lipinski definition) is 1. The van der Waals surface area contributed by atoms with Gasteiger partial charge in [0.1, 0.15) is 0 Å². The lowest BCUT2D eigenvalue weighted by Crippen LogP contribution is -2.48. The molecule has 2 saturated heterocycles. The molecule has 2 aliphatic heterocycles. The normalized spacial score (nSPS) is 29.9. The zero-order chi connectivity index (χ0) is 10.7. The maximum absolute atomic E-state index is 12.1. The summed E-state index contributed by atoms with van der Waals surface area (Å²) in [4.78, 5) is 14.0. The summed E-state index contributed by atoms with van der Waals surface area (Å²) in [5.41, 5.74) is 0. The molecule has 0 aromatic heterocycles. The fourth-order valence-electron chi connectivity index (χ4n) is 2.40. The SMILES string of the molecule is CO[C@@H]1CCN(C(=O)[C@@H]2CCCCN2)C1.Cl. The number of amides is 1. The largest absolute Gasteiger partial charge is 0.380 e. The van der Waals surface area contributed by atoms with Gasteiger partial charge in [-0.25, -0.2) is 0 Å². The van der Waals surface area contributed by atoms with Gasteiger partial charge in [0.15, 0.2) is 0 Å². The van der Waals surface area contributed by atoms with Crippen LogP contribution in [-0.4, -0.2) is 49.7 Å². The van der Waals surface area contributed by atoms with E-state index in [1.54, 1.807) is 7.11 Å². The first kappa shape index (κ1) is 13.7. The van der Waals surface area contributed by atoms with Crippen LogP contribution >= 0.6 is 12.4 Å². The number of nitrogens with zero attached hydrogens (tertiary/aromatic N) is 1. The average Bonchev–Trinajstić information content (AvgIpc) is 2.78. The number of ether oxygens (including phenoxy) is 1. The Balaban J connectivity index is 0.00000128. The van der Waals surface area contributed by atoms with Gasteiger partial charge < -0.3 is 15.0 Å². The van der Waals surface area contributed by atoms with Gasteiger partial charge in [0.2, 0.25) is 5.91 Å². The highest BCUT2D eigenvalue weighted by atomic mass is 35.5. The van der Waals surface area contributed by atoms with Gasteiger partial charge in [0.05, 0.1) is 12.1 Å². The second-order valence-corrected chi connectivity index (χ2v) is 4.43. The van der Waals surface area contributed by atoms with Crippen LogP contribution in [0.25, 0.3) is 0 Å². The van der Waals surface area contributed by atoms with Gasteiger partial charge in [0.25, 0.3) is 0 Å². The van der Waals surface area contributed by atoms with E-state index in [-0.39, 0.29) is 30.5 Å². The fourth-order valence-corrected chi connectivity index (χ4v) is 2.40. The molecule has 2 heterocycles. The van der Waals surface area contributed by atoms with Crippen molar-refractivity contribution in [2.24, 2.45) is 0 Å². The van der Waals surface area contributed by atoms with E-state index >= 15 is 0 Å². The molecule has 94 valence electrons. The highest BCUT2D eigenvalue weighted by molar-refractivity contribution is 5.85. The minimum atomic E-state index is 0. The summed E-state index contributed by atoms with van der Waals surface area (Å²) in [6.45, 7) is 2.61. The predicted molar refractivity (Wildman–Crippen MR) is 64.9 cm³/mol. The van der Waals surface area contributed by atoms with E-state index in [9.17, 15) is 4.79 Å². The molecule has 0 spiro atoms. The number of methoxy groups -OCH3 is 1. The lowest BCUT2D eigenvalue weighted by Gasteiger charge is -2.27. The molecule has 4 nitrogen and oxygen atoms in total. The Bertz CT molecular complexity index is 232. The minimum Gasteiger partial charge on any atom is -0.380 e. The van der Waals surface area contributed by atoms with Crippen molar-refractivity contribution in [3.8, 4) is 0 Å². The van der Waals surface area contributed by atoms with E-state index in [1.807, 2.05) is 4.90 Å². The highest BCUT2D eigenvalue weighted by Gasteiger charge is 2.31. The molecule has 2 rings (SSSR count). The van der Waals surface area contributed by atoms with Crippen molar-refractivity contribution in [1.82, 2.24) is 10.2 Å². The van der Waals surface area contributed by atoms with Gasteiger partial charge in [-0.05, 0) is 25.8 Å². The Kier molecular flexibility index (Phi) is 5.52. The van der Waals surface area contributed by atoms with Gasteiger partial charge in [-0.15, -0.1) is 12.4 Å². The standard InChI is InChI=1S/C11H20N2O2.ClH/c1-15-9-5-7-13(8-9)11(14)10-4-2-3-6-12-10;/h9-10,12H,2-8H2,1H3;1H/t9-,10+;/m1./s1. The number of carbonyl (C=O) groups is 1. The molecule has 0 aromatic carbocycles. The summed E-state index contributed by atoms with van der Waals surface area (Å²) in [7, 11) is 1.72. The number of hydrogen-bond acceptors (Lipinski definition) is 3. The van der Waals surface area contributed by atoms with Crippen LogP contribution in [0.15, 0.2) is 0 Å². The van der Waals surface area contributed by atoms with Crippen LogP contribution in [0.2, 0.25) is 0 Å². The first-order valence-electron chi connectivity index (χ1n) is 5.86. The third-order valence-corrected chi connectivity index (χ3v) is 3.40. The van der Waals surface area contributed by atoms with Crippen molar-refractivity contribution in [2.75, 3.05) is 26.7 Å². The zero-order valence-electron chi connectivity index (χ0n) is 9.78. The molecule has 5 heteroatoms. The van der Waals surface area contributed by atoms with Crippen LogP contribution in [0, 0.1) is 0 Å². The maximum Gasteiger partial charge on any atom is 0.239 e. The fraction of sp³-hybridized carbons (Fsp3) is 0.909. The maximum atomic E-state index is 12.1. The minimum absolute atomic E-state index is 0. The summed E-state index contributed by atoms with van der Waals surface area (Å²) >= 11 is 0. The topological polar surface area (TPSA) is 41.6 Å². The van der Waals surface area contributed by atoms with Crippen molar-refractivity contribution in [3.05, 3.63) is 0 Å². The van der Waals surface area contributed by atoms with E-state index < -0.39 is 0 Å². The van der Waals surface area contributed by atoms with Crippen LogP contribution in [0.3, 0.4) is 0 Å². The van der Waals surface area contributed by atoms with Crippen molar-refractivity contribution >= 4 is 18.3 Å². The first-order chi connectivity index (χ1) is 7.31. The third kappa shape index (κ3) is 3.09. The molecular weight excluding hydrogens is 228 g/mol.